The van der Waals surface area contributed by atoms with Gasteiger partial charge in [-0.2, -0.15) is 0 Å². The summed E-state index contributed by atoms with van der Waals surface area (Å²) in [6.07, 6.45) is 2.25. The minimum absolute atomic E-state index is 0.00847. The molecule has 1 fully saturated rings. The van der Waals surface area contributed by atoms with Gasteiger partial charge >= 0.3 is 5.97 Å². The topological polar surface area (TPSA) is 46.5 Å². The Morgan fingerprint density at radius 2 is 1.94 bits per heavy atom. The third kappa shape index (κ3) is 3.48. The molecule has 3 heteroatoms. The number of ether oxygens (including phenoxy) is 1. The summed E-state index contributed by atoms with van der Waals surface area (Å²) in [5.41, 5.74) is 0. The highest BCUT2D eigenvalue weighted by atomic mass is 16.6. The van der Waals surface area contributed by atoms with Gasteiger partial charge in [-0.25, -0.2) is 4.79 Å². The monoisotopic (exact) mass is 228 g/mol. The second-order valence-corrected chi connectivity index (χ2v) is 5.48. The predicted molar refractivity (Wildman–Crippen MR) is 62.9 cm³/mol. The Bertz CT molecular complexity index is 235. The van der Waals surface area contributed by atoms with Crippen LogP contribution >= 0.6 is 0 Å². The molecule has 4 atom stereocenters. The maximum absolute atomic E-state index is 11.4. The van der Waals surface area contributed by atoms with Crippen LogP contribution in [0.1, 0.15) is 47.0 Å². The fourth-order valence-corrected chi connectivity index (χ4v) is 2.50. The molecule has 0 heterocycles. The minimum Gasteiger partial charge on any atom is -0.460 e. The second kappa shape index (κ2) is 5.67. The summed E-state index contributed by atoms with van der Waals surface area (Å²) in [6.45, 7) is 7.99. The van der Waals surface area contributed by atoms with Gasteiger partial charge < -0.3 is 9.84 Å². The van der Waals surface area contributed by atoms with E-state index in [0.717, 1.165) is 12.8 Å². The summed E-state index contributed by atoms with van der Waals surface area (Å²) in [7, 11) is 0. The van der Waals surface area contributed by atoms with E-state index in [4.69, 9.17) is 9.84 Å². The molecule has 0 aromatic rings. The molecule has 1 aliphatic rings. The summed E-state index contributed by atoms with van der Waals surface area (Å²) >= 11 is 0. The molecule has 0 aromatic carbocycles. The van der Waals surface area contributed by atoms with Crippen molar-refractivity contribution < 1.29 is 14.6 Å². The lowest BCUT2D eigenvalue weighted by Gasteiger charge is -2.36. The molecular weight excluding hydrogens is 204 g/mol. The third-order valence-corrected chi connectivity index (χ3v) is 3.57. The minimum atomic E-state index is -1.01. The number of aliphatic hydroxyl groups is 1. The smallest absolute Gasteiger partial charge is 0.334 e. The first-order chi connectivity index (χ1) is 7.41. The number of hydrogen-bond acceptors (Lipinski definition) is 3. The van der Waals surface area contributed by atoms with Crippen LogP contribution in [-0.4, -0.2) is 23.3 Å². The normalized spacial score (nSPS) is 32.5. The summed E-state index contributed by atoms with van der Waals surface area (Å²) in [5, 5.41) is 9.17. The zero-order valence-corrected chi connectivity index (χ0v) is 10.8. The van der Waals surface area contributed by atoms with Crippen molar-refractivity contribution >= 4 is 5.97 Å². The summed E-state index contributed by atoms with van der Waals surface area (Å²) in [5.74, 6) is 1.10. The Labute approximate surface area is 98.2 Å². The SMILES string of the molecule is CC1CC[C@@H](C(C)C)C(OC(=O)[C@@H](C)O)C1. The van der Waals surface area contributed by atoms with E-state index < -0.39 is 12.1 Å². The molecule has 0 aromatic heterocycles. The molecule has 1 rings (SSSR count). The van der Waals surface area contributed by atoms with Crippen molar-refractivity contribution in [1.29, 1.82) is 0 Å². The number of rotatable bonds is 3. The van der Waals surface area contributed by atoms with Gasteiger partial charge in [-0.15, -0.1) is 0 Å². The quantitative estimate of drug-likeness (QED) is 0.754. The average Bonchev–Trinajstić information content (AvgIpc) is 2.16. The Hall–Kier alpha value is -0.570. The third-order valence-electron chi connectivity index (χ3n) is 3.57. The molecule has 0 saturated heterocycles. The van der Waals surface area contributed by atoms with E-state index >= 15 is 0 Å². The van der Waals surface area contributed by atoms with E-state index in [1.807, 2.05) is 0 Å². The molecule has 0 amide bonds. The maximum atomic E-state index is 11.4. The zero-order chi connectivity index (χ0) is 12.3. The molecule has 1 saturated carbocycles. The van der Waals surface area contributed by atoms with E-state index in [1.54, 1.807) is 0 Å². The highest BCUT2D eigenvalue weighted by molar-refractivity contribution is 5.74. The molecule has 1 aliphatic carbocycles. The van der Waals surface area contributed by atoms with Crippen molar-refractivity contribution in [3.63, 3.8) is 0 Å². The lowest BCUT2D eigenvalue weighted by molar-refractivity contribution is -0.164. The van der Waals surface area contributed by atoms with Crippen LogP contribution in [-0.2, 0) is 9.53 Å². The number of hydrogen-bond donors (Lipinski definition) is 1. The molecular formula is C13H24O3. The maximum Gasteiger partial charge on any atom is 0.334 e. The van der Waals surface area contributed by atoms with Crippen LogP contribution in [0.25, 0.3) is 0 Å². The number of carbonyl (C=O) groups excluding carboxylic acids is 1. The van der Waals surface area contributed by atoms with Crippen molar-refractivity contribution in [3.8, 4) is 0 Å². The van der Waals surface area contributed by atoms with Crippen LogP contribution in [0.4, 0.5) is 0 Å². The second-order valence-electron chi connectivity index (χ2n) is 5.48. The van der Waals surface area contributed by atoms with Crippen molar-refractivity contribution in [2.45, 2.75) is 59.2 Å². The molecule has 3 nitrogen and oxygen atoms in total. The van der Waals surface area contributed by atoms with Crippen LogP contribution in [0.5, 0.6) is 0 Å². The van der Waals surface area contributed by atoms with Gasteiger partial charge in [0.1, 0.15) is 12.2 Å². The molecule has 0 spiro atoms. The average molecular weight is 228 g/mol. The Morgan fingerprint density at radius 3 is 2.44 bits per heavy atom. The van der Waals surface area contributed by atoms with E-state index in [9.17, 15) is 4.79 Å². The van der Waals surface area contributed by atoms with Gasteiger partial charge in [-0.1, -0.05) is 27.2 Å². The highest BCUT2D eigenvalue weighted by Crippen LogP contribution is 2.35. The molecule has 1 N–H and O–H groups in total. The van der Waals surface area contributed by atoms with E-state index in [-0.39, 0.29) is 6.10 Å². The standard InChI is InChI=1S/C13H24O3/c1-8(2)11-6-5-9(3)7-12(11)16-13(15)10(4)14/h8-12,14H,5-7H2,1-4H3/t9?,10-,11+,12?/m1/s1. The highest BCUT2D eigenvalue weighted by Gasteiger charge is 2.33. The molecule has 16 heavy (non-hydrogen) atoms. The molecule has 0 bridgehead atoms. The van der Waals surface area contributed by atoms with Gasteiger partial charge in [0, 0.05) is 0 Å². The van der Waals surface area contributed by atoms with Gasteiger partial charge in [0.2, 0.25) is 0 Å². The van der Waals surface area contributed by atoms with Gasteiger partial charge in [0.05, 0.1) is 0 Å². The van der Waals surface area contributed by atoms with Crippen molar-refractivity contribution in [1.82, 2.24) is 0 Å². The molecule has 2 unspecified atom stereocenters. The Balaban J connectivity index is 2.61. The fourth-order valence-electron chi connectivity index (χ4n) is 2.50. The predicted octanol–water partition coefficient (Wildman–Crippen LogP) is 2.37. The Kier molecular flexibility index (Phi) is 4.78. The first kappa shape index (κ1) is 13.5. The van der Waals surface area contributed by atoms with E-state index in [1.165, 1.54) is 13.3 Å². The first-order valence-electron chi connectivity index (χ1n) is 6.30. The summed E-state index contributed by atoms with van der Waals surface area (Å²) < 4.78 is 5.41. The van der Waals surface area contributed by atoms with E-state index in [0.29, 0.717) is 17.8 Å². The zero-order valence-electron chi connectivity index (χ0n) is 10.8. The summed E-state index contributed by atoms with van der Waals surface area (Å²) in [6, 6.07) is 0. The van der Waals surface area contributed by atoms with Gasteiger partial charge in [-0.3, -0.25) is 0 Å². The number of aliphatic hydroxyl groups excluding tert-OH is 1. The lowest BCUT2D eigenvalue weighted by Crippen LogP contribution is -2.37. The lowest BCUT2D eigenvalue weighted by atomic mass is 9.75. The number of esters is 1. The molecule has 0 radical (unpaired) electrons. The van der Waals surface area contributed by atoms with Gasteiger partial charge in [-0.05, 0) is 37.5 Å². The first-order valence-corrected chi connectivity index (χ1v) is 6.30. The van der Waals surface area contributed by atoms with Crippen molar-refractivity contribution in [2.24, 2.45) is 17.8 Å². The van der Waals surface area contributed by atoms with Crippen LogP contribution in [0.15, 0.2) is 0 Å². The molecule has 0 aliphatic heterocycles. The van der Waals surface area contributed by atoms with Crippen LogP contribution < -0.4 is 0 Å². The van der Waals surface area contributed by atoms with E-state index in [2.05, 4.69) is 20.8 Å². The van der Waals surface area contributed by atoms with Crippen molar-refractivity contribution in [2.75, 3.05) is 0 Å². The van der Waals surface area contributed by atoms with Crippen molar-refractivity contribution in [3.05, 3.63) is 0 Å². The Morgan fingerprint density at radius 1 is 1.31 bits per heavy atom. The van der Waals surface area contributed by atoms with Gasteiger partial charge in [0.25, 0.3) is 0 Å². The van der Waals surface area contributed by atoms with Gasteiger partial charge in [0.15, 0.2) is 0 Å². The van der Waals surface area contributed by atoms with Crippen LogP contribution in [0, 0.1) is 17.8 Å². The number of carbonyl (C=O) groups is 1. The van der Waals surface area contributed by atoms with Crippen LogP contribution in [0.3, 0.4) is 0 Å². The molecule has 94 valence electrons. The largest absolute Gasteiger partial charge is 0.460 e. The van der Waals surface area contributed by atoms with Crippen LogP contribution in [0.2, 0.25) is 0 Å². The summed E-state index contributed by atoms with van der Waals surface area (Å²) in [4.78, 5) is 11.4. The fraction of sp³-hybridized carbons (Fsp3) is 0.923.